The molecule has 1 saturated carbocycles. The SMILES string of the molecule is CC1CN(c2ncc(C(F)(F)F)cn2)CCN1C(=O)OC1CC2(C1)CN(C)C2. The molecule has 1 spiro atoms. The minimum Gasteiger partial charge on any atom is -0.446 e. The van der Waals surface area contributed by atoms with Crippen molar-refractivity contribution in [2.45, 2.75) is 38.1 Å². The molecule has 4 rings (SSSR count). The quantitative estimate of drug-likeness (QED) is 0.760. The van der Waals surface area contributed by atoms with Gasteiger partial charge >= 0.3 is 12.3 Å². The average Bonchev–Trinajstić information content (AvgIpc) is 2.57. The lowest BCUT2D eigenvalue weighted by Crippen LogP contribution is -2.63. The zero-order valence-corrected chi connectivity index (χ0v) is 15.9. The van der Waals surface area contributed by atoms with Gasteiger partial charge in [-0.3, -0.25) is 0 Å². The van der Waals surface area contributed by atoms with E-state index >= 15 is 0 Å². The molecule has 2 aliphatic heterocycles. The molecule has 0 aromatic carbocycles. The van der Waals surface area contributed by atoms with E-state index in [4.69, 9.17) is 4.74 Å². The van der Waals surface area contributed by atoms with Crippen LogP contribution in [-0.4, -0.2) is 77.8 Å². The molecule has 154 valence electrons. The van der Waals surface area contributed by atoms with Gasteiger partial charge in [0.15, 0.2) is 0 Å². The van der Waals surface area contributed by atoms with E-state index in [1.54, 1.807) is 9.80 Å². The van der Waals surface area contributed by atoms with Gasteiger partial charge in [-0.2, -0.15) is 13.2 Å². The Labute approximate surface area is 161 Å². The van der Waals surface area contributed by atoms with Gasteiger partial charge < -0.3 is 19.4 Å². The first kappa shape index (κ1) is 19.2. The van der Waals surface area contributed by atoms with Crippen LogP contribution in [0.5, 0.6) is 0 Å². The Bertz CT molecular complexity index is 728. The van der Waals surface area contributed by atoms with Gasteiger partial charge in [0.05, 0.1) is 5.56 Å². The zero-order chi connectivity index (χ0) is 20.1. The number of anilines is 1. The second-order valence-corrected chi connectivity index (χ2v) is 8.34. The first-order valence-electron chi connectivity index (χ1n) is 9.45. The second kappa shape index (κ2) is 6.75. The van der Waals surface area contributed by atoms with Gasteiger partial charge in [-0.15, -0.1) is 0 Å². The van der Waals surface area contributed by atoms with Crippen molar-refractivity contribution in [3.8, 4) is 0 Å². The maximum absolute atomic E-state index is 12.6. The molecular formula is C18H24F3N5O2. The highest BCUT2D eigenvalue weighted by Crippen LogP contribution is 2.49. The fourth-order valence-corrected chi connectivity index (χ4v) is 4.60. The van der Waals surface area contributed by atoms with Crippen molar-refractivity contribution in [2.75, 3.05) is 44.7 Å². The molecule has 1 aromatic rings. The minimum absolute atomic E-state index is 0.00956. The third kappa shape index (κ3) is 3.61. The van der Waals surface area contributed by atoms with E-state index < -0.39 is 11.7 Å². The molecule has 0 radical (unpaired) electrons. The van der Waals surface area contributed by atoms with E-state index in [-0.39, 0.29) is 24.2 Å². The molecule has 0 N–H and O–H groups in total. The normalized spacial score (nSPS) is 25.4. The molecule has 1 atom stereocenters. The lowest BCUT2D eigenvalue weighted by atomic mass is 9.62. The van der Waals surface area contributed by atoms with Crippen LogP contribution in [0.2, 0.25) is 0 Å². The van der Waals surface area contributed by atoms with Crippen molar-refractivity contribution in [1.29, 1.82) is 0 Å². The number of aromatic nitrogens is 2. The number of nitrogens with zero attached hydrogens (tertiary/aromatic N) is 5. The number of hydrogen-bond donors (Lipinski definition) is 0. The van der Waals surface area contributed by atoms with Gasteiger partial charge in [-0.05, 0) is 26.8 Å². The largest absolute Gasteiger partial charge is 0.446 e. The van der Waals surface area contributed by atoms with Gasteiger partial charge in [-0.25, -0.2) is 14.8 Å². The number of carbonyl (C=O) groups excluding carboxylic acids is 1. The molecule has 1 aromatic heterocycles. The first-order valence-corrected chi connectivity index (χ1v) is 9.45. The molecule has 3 heterocycles. The van der Waals surface area contributed by atoms with Crippen LogP contribution < -0.4 is 4.90 Å². The van der Waals surface area contributed by atoms with Crippen LogP contribution in [0.1, 0.15) is 25.3 Å². The lowest BCUT2D eigenvalue weighted by Gasteiger charge is -2.57. The number of ether oxygens (including phenoxy) is 1. The summed E-state index contributed by atoms with van der Waals surface area (Å²) in [6.45, 7) is 5.35. The molecule has 1 unspecified atom stereocenters. The Morgan fingerprint density at radius 2 is 1.86 bits per heavy atom. The molecule has 2 saturated heterocycles. The predicted octanol–water partition coefficient (Wildman–Crippen LogP) is 2.24. The van der Waals surface area contributed by atoms with Crippen LogP contribution in [0, 0.1) is 5.41 Å². The number of hydrogen-bond acceptors (Lipinski definition) is 6. The third-order valence-corrected chi connectivity index (χ3v) is 5.91. The predicted molar refractivity (Wildman–Crippen MR) is 94.8 cm³/mol. The zero-order valence-electron chi connectivity index (χ0n) is 15.9. The van der Waals surface area contributed by atoms with E-state index in [0.29, 0.717) is 25.0 Å². The van der Waals surface area contributed by atoms with E-state index in [0.717, 1.165) is 38.3 Å². The Hall–Kier alpha value is -2.10. The van der Waals surface area contributed by atoms with Crippen molar-refractivity contribution in [3.05, 3.63) is 18.0 Å². The highest BCUT2D eigenvalue weighted by molar-refractivity contribution is 5.69. The smallest absolute Gasteiger partial charge is 0.419 e. The van der Waals surface area contributed by atoms with Gasteiger partial charge in [-0.1, -0.05) is 0 Å². The summed E-state index contributed by atoms with van der Waals surface area (Å²) in [6, 6.07) is -0.143. The molecule has 3 fully saturated rings. The van der Waals surface area contributed by atoms with Crippen LogP contribution in [0.3, 0.4) is 0 Å². The Morgan fingerprint density at radius 1 is 1.21 bits per heavy atom. The van der Waals surface area contributed by atoms with Gasteiger partial charge in [0.25, 0.3) is 0 Å². The molecule has 28 heavy (non-hydrogen) atoms. The number of rotatable bonds is 2. The van der Waals surface area contributed by atoms with Crippen molar-refractivity contribution >= 4 is 12.0 Å². The molecule has 7 nitrogen and oxygen atoms in total. The third-order valence-electron chi connectivity index (χ3n) is 5.91. The monoisotopic (exact) mass is 399 g/mol. The van der Waals surface area contributed by atoms with Crippen LogP contribution >= 0.6 is 0 Å². The highest BCUT2D eigenvalue weighted by atomic mass is 19.4. The van der Waals surface area contributed by atoms with Gasteiger partial charge in [0, 0.05) is 56.6 Å². The van der Waals surface area contributed by atoms with Gasteiger partial charge in [0.2, 0.25) is 5.95 Å². The number of alkyl halides is 3. The van der Waals surface area contributed by atoms with Crippen molar-refractivity contribution < 1.29 is 22.7 Å². The van der Waals surface area contributed by atoms with Crippen molar-refractivity contribution in [1.82, 2.24) is 19.8 Å². The summed E-state index contributed by atoms with van der Waals surface area (Å²) in [5.74, 6) is 0.239. The number of piperazine rings is 1. The number of carbonyl (C=O) groups is 1. The Balaban J connectivity index is 1.28. The van der Waals surface area contributed by atoms with Crippen LogP contribution in [0.15, 0.2) is 12.4 Å². The lowest BCUT2D eigenvalue weighted by molar-refractivity contribution is -0.138. The summed E-state index contributed by atoms with van der Waals surface area (Å²) in [5, 5.41) is 0. The number of halogens is 3. The number of amides is 1. The van der Waals surface area contributed by atoms with Gasteiger partial charge in [0.1, 0.15) is 6.10 Å². The first-order chi connectivity index (χ1) is 13.2. The van der Waals surface area contributed by atoms with E-state index in [9.17, 15) is 18.0 Å². The molecule has 0 bridgehead atoms. The van der Waals surface area contributed by atoms with Crippen LogP contribution in [0.4, 0.5) is 23.9 Å². The summed E-state index contributed by atoms with van der Waals surface area (Å²) in [5.41, 5.74) is -0.522. The van der Waals surface area contributed by atoms with Crippen molar-refractivity contribution in [2.24, 2.45) is 5.41 Å². The van der Waals surface area contributed by atoms with Crippen LogP contribution in [-0.2, 0) is 10.9 Å². The summed E-state index contributed by atoms with van der Waals surface area (Å²) in [6.07, 6.45) is -1.34. The summed E-state index contributed by atoms with van der Waals surface area (Å²) in [7, 11) is 2.09. The number of likely N-dealkylation sites (tertiary alicyclic amines) is 1. The Kier molecular flexibility index (Phi) is 4.64. The summed E-state index contributed by atoms with van der Waals surface area (Å²) < 4.78 is 43.6. The van der Waals surface area contributed by atoms with E-state index in [1.165, 1.54) is 0 Å². The highest BCUT2D eigenvalue weighted by Gasteiger charge is 2.53. The molecular weight excluding hydrogens is 375 g/mol. The maximum Gasteiger partial charge on any atom is 0.419 e. The summed E-state index contributed by atoms with van der Waals surface area (Å²) in [4.78, 5) is 25.9. The fraction of sp³-hybridized carbons (Fsp3) is 0.722. The minimum atomic E-state index is -4.46. The standard InChI is InChI=1S/C18H24F3N5O2/c1-12-9-25(15-22-7-13(8-23-15)18(19,20)21)3-4-26(12)16(27)28-14-5-17(6-14)10-24(2)11-17/h7-8,12,14H,3-6,9-11H2,1-2H3. The second-order valence-electron chi connectivity index (χ2n) is 8.34. The molecule has 10 heteroatoms. The maximum atomic E-state index is 12.6. The topological polar surface area (TPSA) is 61.8 Å². The average molecular weight is 399 g/mol. The summed E-state index contributed by atoms with van der Waals surface area (Å²) >= 11 is 0. The molecule has 1 aliphatic carbocycles. The Morgan fingerprint density at radius 3 is 2.39 bits per heavy atom. The molecule has 1 amide bonds. The van der Waals surface area contributed by atoms with Crippen molar-refractivity contribution in [3.63, 3.8) is 0 Å². The molecule has 3 aliphatic rings. The van der Waals surface area contributed by atoms with Crippen LogP contribution in [0.25, 0.3) is 0 Å². The van der Waals surface area contributed by atoms with E-state index in [1.807, 2.05) is 6.92 Å². The fourth-order valence-electron chi connectivity index (χ4n) is 4.60. The van der Waals surface area contributed by atoms with E-state index in [2.05, 4.69) is 21.9 Å².